The monoisotopic (exact) mass is 583 g/mol. The van der Waals surface area contributed by atoms with E-state index in [1.165, 1.54) is 4.31 Å². The molecule has 2 aliphatic rings. The molecule has 0 aromatic heterocycles. The van der Waals surface area contributed by atoms with Crippen LogP contribution in [-0.4, -0.2) is 62.0 Å². The van der Waals surface area contributed by atoms with Gasteiger partial charge in [0, 0.05) is 24.1 Å². The standard InChI is InChI=1S/C31H34FNO7S/c1-19-9-27(39-18-25-13-24(32)15-33(25)41(3,36)37)10-20(2)31(19)22-6-4-5-21(11-22)16-38-26-7-8-28-23(12-30(34)35)17-40-29(28)14-26/h4-11,14,23-25H,12-13,15-18H2,1-3H3,(H,34,35)/t23?,24-,25+/m1/s1. The van der Waals surface area contributed by atoms with Gasteiger partial charge in [-0.05, 0) is 72.4 Å². The fourth-order valence-corrected chi connectivity index (χ4v) is 6.87. The van der Waals surface area contributed by atoms with Crippen LogP contribution in [0.15, 0.2) is 54.6 Å². The van der Waals surface area contributed by atoms with E-state index in [1.54, 1.807) is 0 Å². The lowest BCUT2D eigenvalue weighted by Gasteiger charge is -2.22. The van der Waals surface area contributed by atoms with Crippen molar-refractivity contribution in [2.75, 3.05) is 26.0 Å². The quantitative estimate of drug-likeness (QED) is 0.348. The van der Waals surface area contributed by atoms with Crippen LogP contribution in [0.2, 0.25) is 0 Å². The number of carboxylic acids is 1. The molecule has 3 aromatic rings. The van der Waals surface area contributed by atoms with Crippen molar-refractivity contribution in [2.24, 2.45) is 0 Å². The molecular weight excluding hydrogens is 549 g/mol. The maximum absolute atomic E-state index is 13.9. The summed E-state index contributed by atoms with van der Waals surface area (Å²) < 4.78 is 56.9. The van der Waals surface area contributed by atoms with Crippen molar-refractivity contribution in [1.29, 1.82) is 0 Å². The van der Waals surface area contributed by atoms with Crippen molar-refractivity contribution in [3.05, 3.63) is 76.9 Å². The number of nitrogens with zero attached hydrogens (tertiary/aromatic N) is 1. The van der Waals surface area contributed by atoms with E-state index >= 15 is 0 Å². The van der Waals surface area contributed by atoms with E-state index in [0.717, 1.165) is 39.6 Å². The Bertz CT molecular complexity index is 1530. The minimum Gasteiger partial charge on any atom is -0.492 e. The first kappa shape index (κ1) is 28.9. The van der Waals surface area contributed by atoms with Crippen LogP contribution < -0.4 is 14.2 Å². The Hall–Kier alpha value is -3.63. The number of ether oxygens (including phenoxy) is 3. The van der Waals surface area contributed by atoms with Gasteiger partial charge < -0.3 is 19.3 Å². The van der Waals surface area contributed by atoms with E-state index in [2.05, 4.69) is 6.07 Å². The van der Waals surface area contributed by atoms with Gasteiger partial charge in [-0.2, -0.15) is 4.31 Å². The largest absolute Gasteiger partial charge is 0.492 e. The smallest absolute Gasteiger partial charge is 0.304 e. The van der Waals surface area contributed by atoms with Gasteiger partial charge in [-0.15, -0.1) is 0 Å². The van der Waals surface area contributed by atoms with E-state index < -0.39 is 28.2 Å². The van der Waals surface area contributed by atoms with Crippen LogP contribution in [0.3, 0.4) is 0 Å². The lowest BCUT2D eigenvalue weighted by Crippen LogP contribution is -2.38. The van der Waals surface area contributed by atoms with E-state index in [1.807, 2.05) is 62.4 Å². The molecule has 10 heteroatoms. The third kappa shape index (κ3) is 6.65. The minimum absolute atomic E-state index is 0.0355. The van der Waals surface area contributed by atoms with Gasteiger partial charge in [0.25, 0.3) is 0 Å². The highest BCUT2D eigenvalue weighted by Crippen LogP contribution is 2.38. The van der Waals surface area contributed by atoms with Gasteiger partial charge >= 0.3 is 5.97 Å². The van der Waals surface area contributed by atoms with Crippen molar-refractivity contribution in [2.45, 2.75) is 51.4 Å². The Kier molecular flexibility index (Phi) is 8.24. The number of halogens is 1. The van der Waals surface area contributed by atoms with Crippen molar-refractivity contribution in [3.63, 3.8) is 0 Å². The van der Waals surface area contributed by atoms with Gasteiger partial charge in [0.05, 0.1) is 25.3 Å². The molecule has 0 aliphatic carbocycles. The van der Waals surface area contributed by atoms with Crippen LogP contribution in [0.4, 0.5) is 4.39 Å². The fraction of sp³-hybridized carbons (Fsp3) is 0.387. The molecule has 0 radical (unpaired) electrons. The molecule has 0 spiro atoms. The highest BCUT2D eigenvalue weighted by Gasteiger charge is 2.38. The molecule has 0 amide bonds. The van der Waals surface area contributed by atoms with Crippen molar-refractivity contribution in [1.82, 2.24) is 4.31 Å². The number of hydrogen-bond acceptors (Lipinski definition) is 6. The molecule has 1 fully saturated rings. The van der Waals surface area contributed by atoms with Gasteiger partial charge in [0.2, 0.25) is 10.0 Å². The molecule has 218 valence electrons. The van der Waals surface area contributed by atoms with E-state index in [-0.39, 0.29) is 31.9 Å². The first-order valence-corrected chi connectivity index (χ1v) is 15.4. The predicted molar refractivity (Wildman–Crippen MR) is 153 cm³/mol. The molecule has 3 atom stereocenters. The maximum Gasteiger partial charge on any atom is 0.304 e. The normalized spacial score (nSPS) is 20.4. The van der Waals surface area contributed by atoms with E-state index in [0.29, 0.717) is 30.5 Å². The van der Waals surface area contributed by atoms with Gasteiger partial charge in [-0.25, -0.2) is 12.8 Å². The summed E-state index contributed by atoms with van der Waals surface area (Å²) in [6.07, 6.45) is 0.0716. The van der Waals surface area contributed by atoms with Gasteiger partial charge in [0.15, 0.2) is 0 Å². The van der Waals surface area contributed by atoms with Crippen molar-refractivity contribution >= 4 is 16.0 Å². The third-order valence-corrected chi connectivity index (χ3v) is 8.89. The Morgan fingerprint density at radius 2 is 1.83 bits per heavy atom. The van der Waals surface area contributed by atoms with Crippen molar-refractivity contribution in [3.8, 4) is 28.4 Å². The van der Waals surface area contributed by atoms with Crippen LogP contribution in [0.1, 0.15) is 41.0 Å². The second-order valence-corrected chi connectivity index (χ2v) is 12.8. The molecule has 1 saturated heterocycles. The van der Waals surface area contributed by atoms with Crippen LogP contribution >= 0.6 is 0 Å². The predicted octanol–water partition coefficient (Wildman–Crippen LogP) is 5.25. The molecule has 3 aromatic carbocycles. The maximum atomic E-state index is 13.9. The molecular formula is C31H34FNO7S. The number of aryl methyl sites for hydroxylation is 2. The molecule has 0 saturated carbocycles. The summed E-state index contributed by atoms with van der Waals surface area (Å²) in [6, 6.07) is 16.9. The molecule has 8 nitrogen and oxygen atoms in total. The number of carbonyl (C=O) groups is 1. The highest BCUT2D eigenvalue weighted by atomic mass is 32.2. The fourth-order valence-electron chi connectivity index (χ4n) is 5.75. The number of sulfonamides is 1. The molecule has 2 aliphatic heterocycles. The second-order valence-electron chi connectivity index (χ2n) is 10.9. The Morgan fingerprint density at radius 1 is 1.07 bits per heavy atom. The van der Waals surface area contributed by atoms with Crippen LogP contribution in [-0.2, 0) is 21.4 Å². The molecule has 1 unspecified atom stereocenters. The van der Waals surface area contributed by atoms with Crippen LogP contribution in [0.25, 0.3) is 11.1 Å². The van der Waals surface area contributed by atoms with Gasteiger partial charge in [-0.3, -0.25) is 4.79 Å². The Morgan fingerprint density at radius 3 is 2.54 bits per heavy atom. The lowest BCUT2D eigenvalue weighted by molar-refractivity contribution is -0.137. The topological polar surface area (TPSA) is 102 Å². The summed E-state index contributed by atoms with van der Waals surface area (Å²) in [4.78, 5) is 11.1. The SMILES string of the molecule is Cc1cc(OC[C@@H]2C[C@@H](F)CN2S(C)(=O)=O)cc(C)c1-c1cccc(COc2ccc3c(c2)OCC3CC(=O)O)c1. The Labute approximate surface area is 239 Å². The zero-order chi connectivity index (χ0) is 29.3. The number of rotatable bonds is 10. The minimum atomic E-state index is -3.51. The lowest BCUT2D eigenvalue weighted by atomic mass is 9.94. The summed E-state index contributed by atoms with van der Waals surface area (Å²) in [5.74, 6) is 0.931. The van der Waals surface area contributed by atoms with Crippen molar-refractivity contribution < 1.29 is 36.9 Å². The van der Waals surface area contributed by atoms with E-state index in [9.17, 15) is 17.6 Å². The first-order chi connectivity index (χ1) is 19.5. The summed E-state index contributed by atoms with van der Waals surface area (Å²) in [6.45, 7) is 4.66. The zero-order valence-electron chi connectivity index (χ0n) is 23.3. The molecule has 1 N–H and O–H groups in total. The second kappa shape index (κ2) is 11.7. The first-order valence-electron chi connectivity index (χ1n) is 13.5. The molecule has 5 rings (SSSR count). The number of carboxylic acid groups (broad SMARTS) is 1. The summed E-state index contributed by atoms with van der Waals surface area (Å²) in [7, 11) is -3.51. The van der Waals surface area contributed by atoms with Crippen LogP contribution in [0.5, 0.6) is 17.2 Å². The van der Waals surface area contributed by atoms with Gasteiger partial charge in [0.1, 0.15) is 36.6 Å². The molecule has 41 heavy (non-hydrogen) atoms. The summed E-state index contributed by atoms with van der Waals surface area (Å²) in [5, 5.41) is 9.10. The number of alkyl halides is 1. The van der Waals surface area contributed by atoms with E-state index in [4.69, 9.17) is 19.3 Å². The summed E-state index contributed by atoms with van der Waals surface area (Å²) in [5.41, 5.74) is 5.97. The molecule has 0 bridgehead atoms. The number of aliphatic carboxylic acids is 1. The summed E-state index contributed by atoms with van der Waals surface area (Å²) >= 11 is 0. The number of benzene rings is 3. The van der Waals surface area contributed by atoms with Gasteiger partial charge in [-0.1, -0.05) is 24.3 Å². The zero-order valence-corrected chi connectivity index (χ0v) is 24.1. The molecule has 2 heterocycles. The average Bonchev–Trinajstić information content (AvgIpc) is 3.48. The van der Waals surface area contributed by atoms with Crippen LogP contribution in [0, 0.1) is 13.8 Å². The Balaban J connectivity index is 1.25. The third-order valence-electron chi connectivity index (χ3n) is 7.59. The average molecular weight is 584 g/mol. The highest BCUT2D eigenvalue weighted by molar-refractivity contribution is 7.88. The number of fused-ring (bicyclic) bond motifs is 1. The number of hydrogen-bond donors (Lipinski definition) is 1.